The van der Waals surface area contributed by atoms with Crippen LogP contribution in [0.15, 0.2) is 0 Å². The standard InChI is InChI=1S/C16H30N4O2.ClH/c1-2-17-9-10-18-15(21)13-6-5-11-20(12-13)16(22)19-14-7-3-4-8-14;/h13-14,17H,2-12H2,1H3,(H,18,21)(H,19,22);1H. The van der Waals surface area contributed by atoms with E-state index in [2.05, 4.69) is 16.0 Å². The molecule has 1 aliphatic carbocycles. The molecule has 3 amide bonds. The monoisotopic (exact) mass is 346 g/mol. The van der Waals surface area contributed by atoms with Crippen molar-refractivity contribution in [2.75, 3.05) is 32.7 Å². The smallest absolute Gasteiger partial charge is 0.317 e. The minimum absolute atomic E-state index is 0. The maximum atomic E-state index is 12.3. The van der Waals surface area contributed by atoms with E-state index in [1.807, 2.05) is 11.8 Å². The van der Waals surface area contributed by atoms with Gasteiger partial charge in [-0.05, 0) is 32.2 Å². The number of amides is 3. The van der Waals surface area contributed by atoms with E-state index in [-0.39, 0.29) is 30.3 Å². The predicted octanol–water partition coefficient (Wildman–Crippen LogP) is 1.50. The van der Waals surface area contributed by atoms with Crippen LogP contribution in [-0.4, -0.2) is 55.6 Å². The molecule has 6 nitrogen and oxygen atoms in total. The van der Waals surface area contributed by atoms with Gasteiger partial charge in [-0.3, -0.25) is 4.79 Å². The molecule has 1 aliphatic heterocycles. The highest BCUT2D eigenvalue weighted by atomic mass is 35.5. The molecule has 0 aromatic heterocycles. The summed E-state index contributed by atoms with van der Waals surface area (Å²) >= 11 is 0. The highest BCUT2D eigenvalue weighted by molar-refractivity contribution is 5.85. The van der Waals surface area contributed by atoms with Crippen molar-refractivity contribution in [1.82, 2.24) is 20.9 Å². The van der Waals surface area contributed by atoms with E-state index in [0.717, 1.165) is 45.3 Å². The number of carbonyl (C=O) groups excluding carboxylic acids is 2. The second-order valence-corrected chi connectivity index (χ2v) is 6.36. The van der Waals surface area contributed by atoms with E-state index < -0.39 is 0 Å². The molecule has 1 saturated heterocycles. The molecule has 1 atom stereocenters. The quantitative estimate of drug-likeness (QED) is 0.638. The fourth-order valence-electron chi connectivity index (χ4n) is 3.31. The number of halogens is 1. The number of nitrogens with zero attached hydrogens (tertiary/aromatic N) is 1. The molecule has 134 valence electrons. The number of likely N-dealkylation sites (N-methyl/N-ethyl adjacent to an activating group) is 1. The number of hydrogen-bond donors (Lipinski definition) is 3. The molecule has 7 heteroatoms. The first-order chi connectivity index (χ1) is 10.7. The molecule has 0 aromatic carbocycles. The summed E-state index contributed by atoms with van der Waals surface area (Å²) in [6, 6.07) is 0.346. The van der Waals surface area contributed by atoms with Gasteiger partial charge in [0.05, 0.1) is 5.92 Å². The lowest BCUT2D eigenvalue weighted by molar-refractivity contribution is -0.126. The Balaban J connectivity index is 0.00000264. The van der Waals surface area contributed by atoms with Gasteiger partial charge in [0.25, 0.3) is 0 Å². The molecule has 3 N–H and O–H groups in total. The first-order valence-electron chi connectivity index (χ1n) is 8.74. The zero-order chi connectivity index (χ0) is 15.8. The van der Waals surface area contributed by atoms with Crippen molar-refractivity contribution < 1.29 is 9.59 Å². The van der Waals surface area contributed by atoms with Crippen LogP contribution in [0.3, 0.4) is 0 Å². The third-order valence-electron chi connectivity index (χ3n) is 4.61. The highest BCUT2D eigenvalue weighted by Crippen LogP contribution is 2.20. The molecule has 0 spiro atoms. The van der Waals surface area contributed by atoms with Crippen LogP contribution >= 0.6 is 12.4 Å². The van der Waals surface area contributed by atoms with Crippen molar-refractivity contribution in [2.45, 2.75) is 51.5 Å². The summed E-state index contributed by atoms with van der Waals surface area (Å²) in [5.74, 6) is 0.0148. The van der Waals surface area contributed by atoms with E-state index in [1.54, 1.807) is 0 Å². The Morgan fingerprint density at radius 2 is 1.83 bits per heavy atom. The van der Waals surface area contributed by atoms with E-state index in [0.29, 0.717) is 19.1 Å². The zero-order valence-electron chi connectivity index (χ0n) is 14.1. The molecule has 0 radical (unpaired) electrons. The lowest BCUT2D eigenvalue weighted by atomic mass is 9.97. The van der Waals surface area contributed by atoms with Gasteiger partial charge in [0.15, 0.2) is 0 Å². The van der Waals surface area contributed by atoms with Crippen LogP contribution in [0.5, 0.6) is 0 Å². The van der Waals surface area contributed by atoms with Gasteiger partial charge in [-0.2, -0.15) is 0 Å². The number of piperidine rings is 1. The SMILES string of the molecule is CCNCCNC(=O)C1CCCN(C(=O)NC2CCCC2)C1.Cl. The Hall–Kier alpha value is -1.01. The van der Waals surface area contributed by atoms with Crippen molar-refractivity contribution in [2.24, 2.45) is 5.92 Å². The maximum Gasteiger partial charge on any atom is 0.317 e. The first-order valence-corrected chi connectivity index (χ1v) is 8.74. The van der Waals surface area contributed by atoms with Crippen LogP contribution in [0.4, 0.5) is 4.79 Å². The molecular formula is C16H31ClN4O2. The highest BCUT2D eigenvalue weighted by Gasteiger charge is 2.29. The van der Waals surface area contributed by atoms with Crippen molar-refractivity contribution in [3.63, 3.8) is 0 Å². The Morgan fingerprint density at radius 3 is 2.52 bits per heavy atom. The molecule has 2 rings (SSSR count). The second-order valence-electron chi connectivity index (χ2n) is 6.36. The third-order valence-corrected chi connectivity index (χ3v) is 4.61. The molecule has 0 bridgehead atoms. The lowest BCUT2D eigenvalue weighted by Gasteiger charge is -2.33. The van der Waals surface area contributed by atoms with E-state index in [1.165, 1.54) is 12.8 Å². The zero-order valence-corrected chi connectivity index (χ0v) is 14.9. The molecular weight excluding hydrogens is 316 g/mol. The minimum atomic E-state index is -0.0651. The van der Waals surface area contributed by atoms with Crippen molar-refractivity contribution in [3.8, 4) is 0 Å². The number of likely N-dealkylation sites (tertiary alicyclic amines) is 1. The third kappa shape index (κ3) is 6.55. The van der Waals surface area contributed by atoms with Crippen LogP contribution in [0.1, 0.15) is 45.4 Å². The molecule has 2 aliphatic rings. The fraction of sp³-hybridized carbons (Fsp3) is 0.875. The number of nitrogens with one attached hydrogen (secondary N) is 3. The van der Waals surface area contributed by atoms with Gasteiger partial charge in [0, 0.05) is 32.2 Å². The predicted molar refractivity (Wildman–Crippen MR) is 93.9 cm³/mol. The average molecular weight is 347 g/mol. The van der Waals surface area contributed by atoms with Crippen LogP contribution in [0, 0.1) is 5.92 Å². The van der Waals surface area contributed by atoms with Crippen molar-refractivity contribution >= 4 is 24.3 Å². The number of hydrogen-bond acceptors (Lipinski definition) is 3. The minimum Gasteiger partial charge on any atom is -0.355 e. The van der Waals surface area contributed by atoms with Gasteiger partial charge in [-0.15, -0.1) is 12.4 Å². The lowest BCUT2D eigenvalue weighted by Crippen LogP contribution is -2.51. The van der Waals surface area contributed by atoms with Gasteiger partial charge in [0.1, 0.15) is 0 Å². The molecule has 23 heavy (non-hydrogen) atoms. The van der Waals surface area contributed by atoms with Gasteiger partial charge < -0.3 is 20.9 Å². The van der Waals surface area contributed by atoms with E-state index in [9.17, 15) is 9.59 Å². The molecule has 1 unspecified atom stereocenters. The van der Waals surface area contributed by atoms with Crippen molar-refractivity contribution in [3.05, 3.63) is 0 Å². The normalized spacial score (nSPS) is 21.6. The number of carbonyl (C=O) groups is 2. The maximum absolute atomic E-state index is 12.3. The summed E-state index contributed by atoms with van der Waals surface area (Å²) in [6.07, 6.45) is 6.38. The van der Waals surface area contributed by atoms with Gasteiger partial charge in [-0.25, -0.2) is 4.79 Å². The fourth-order valence-corrected chi connectivity index (χ4v) is 3.31. The van der Waals surface area contributed by atoms with Gasteiger partial charge in [-0.1, -0.05) is 19.8 Å². The molecule has 0 aromatic rings. The second kappa shape index (κ2) is 10.7. The van der Waals surface area contributed by atoms with Crippen LogP contribution < -0.4 is 16.0 Å². The topological polar surface area (TPSA) is 73.5 Å². The van der Waals surface area contributed by atoms with Gasteiger partial charge in [0.2, 0.25) is 5.91 Å². The molecule has 1 heterocycles. The Bertz CT molecular complexity index is 375. The van der Waals surface area contributed by atoms with Crippen LogP contribution in [0.2, 0.25) is 0 Å². The van der Waals surface area contributed by atoms with E-state index >= 15 is 0 Å². The Morgan fingerprint density at radius 1 is 1.09 bits per heavy atom. The summed E-state index contributed by atoms with van der Waals surface area (Å²) in [6.45, 7) is 5.71. The molecule has 2 fully saturated rings. The van der Waals surface area contributed by atoms with Crippen LogP contribution in [-0.2, 0) is 4.79 Å². The summed E-state index contributed by atoms with van der Waals surface area (Å²) in [4.78, 5) is 26.3. The summed E-state index contributed by atoms with van der Waals surface area (Å²) in [7, 11) is 0. The number of rotatable bonds is 6. The average Bonchev–Trinajstić information content (AvgIpc) is 3.04. The van der Waals surface area contributed by atoms with Crippen molar-refractivity contribution in [1.29, 1.82) is 0 Å². The number of urea groups is 1. The summed E-state index contributed by atoms with van der Waals surface area (Å²) in [5, 5.41) is 9.26. The Kier molecular flexibility index (Phi) is 9.33. The van der Waals surface area contributed by atoms with Gasteiger partial charge >= 0.3 is 6.03 Å². The Labute approximate surface area is 145 Å². The molecule has 1 saturated carbocycles. The van der Waals surface area contributed by atoms with Crippen LogP contribution in [0.25, 0.3) is 0 Å². The largest absolute Gasteiger partial charge is 0.355 e. The first kappa shape index (κ1) is 20.0. The van der Waals surface area contributed by atoms with E-state index in [4.69, 9.17) is 0 Å². The summed E-state index contributed by atoms with van der Waals surface area (Å²) < 4.78 is 0. The summed E-state index contributed by atoms with van der Waals surface area (Å²) in [5.41, 5.74) is 0.